The van der Waals surface area contributed by atoms with E-state index in [9.17, 15) is 17.6 Å². The van der Waals surface area contributed by atoms with Crippen LogP contribution < -0.4 is 10.1 Å². The average molecular weight is 433 g/mol. The summed E-state index contributed by atoms with van der Waals surface area (Å²) in [6.45, 7) is 0.625. The normalized spacial score (nSPS) is 15.9. The number of piperidine rings is 1. The number of benzene rings is 2. The van der Waals surface area contributed by atoms with Crippen LogP contribution in [0.5, 0.6) is 5.75 Å². The third-order valence-corrected chi connectivity index (χ3v) is 6.69. The van der Waals surface area contributed by atoms with Crippen molar-refractivity contribution in [3.63, 3.8) is 0 Å². The van der Waals surface area contributed by atoms with Gasteiger partial charge in [0, 0.05) is 42.6 Å². The van der Waals surface area contributed by atoms with Crippen LogP contribution in [-0.2, 0) is 21.4 Å². The Bertz CT molecular complexity index is 1000. The third kappa shape index (κ3) is 5.67. The summed E-state index contributed by atoms with van der Waals surface area (Å²) in [5.74, 6) is -0.517. The molecule has 1 aliphatic rings. The van der Waals surface area contributed by atoms with Crippen molar-refractivity contribution in [3.05, 3.63) is 70.9 Å². The van der Waals surface area contributed by atoms with Gasteiger partial charge in [-0.3, -0.25) is 4.79 Å². The van der Waals surface area contributed by atoms with Gasteiger partial charge in [0.25, 0.3) is 0 Å². The van der Waals surface area contributed by atoms with E-state index in [4.69, 9.17) is 4.74 Å². The molecule has 0 spiro atoms. The molecule has 8 heteroatoms. The zero-order chi connectivity index (χ0) is 21.6. The number of hydrogen-bond acceptors (Lipinski definition) is 4. The maximum atomic E-state index is 14.0. The van der Waals surface area contributed by atoms with Crippen LogP contribution in [0.3, 0.4) is 0 Å². The molecule has 0 saturated carbocycles. The van der Waals surface area contributed by atoms with E-state index in [0.717, 1.165) is 5.56 Å². The summed E-state index contributed by atoms with van der Waals surface area (Å²) in [4.78, 5) is 12.4. The largest absolute Gasteiger partial charge is 0.497 e. The molecule has 1 amide bonds. The Morgan fingerprint density at radius 1 is 1.20 bits per heavy atom. The minimum Gasteiger partial charge on any atom is -0.497 e. The summed E-state index contributed by atoms with van der Waals surface area (Å²) in [6, 6.07) is 13.7. The molecule has 0 unspecified atom stereocenters. The number of halogens is 1. The van der Waals surface area contributed by atoms with Gasteiger partial charge < -0.3 is 10.1 Å². The highest BCUT2D eigenvalue weighted by molar-refractivity contribution is 7.92. The first-order chi connectivity index (χ1) is 14.4. The van der Waals surface area contributed by atoms with E-state index in [1.165, 1.54) is 22.9 Å². The van der Waals surface area contributed by atoms with E-state index in [0.29, 0.717) is 24.2 Å². The quantitative estimate of drug-likeness (QED) is 0.729. The van der Waals surface area contributed by atoms with Gasteiger partial charge in [-0.1, -0.05) is 36.4 Å². The summed E-state index contributed by atoms with van der Waals surface area (Å²) < 4.78 is 45.4. The molecule has 1 heterocycles. The lowest BCUT2D eigenvalue weighted by molar-refractivity contribution is -0.126. The zero-order valence-electron chi connectivity index (χ0n) is 16.8. The highest BCUT2D eigenvalue weighted by Gasteiger charge is 2.29. The molecule has 6 nitrogen and oxygen atoms in total. The fourth-order valence-corrected chi connectivity index (χ4v) is 4.53. The van der Waals surface area contributed by atoms with Crippen molar-refractivity contribution in [2.24, 2.45) is 5.92 Å². The molecule has 30 heavy (non-hydrogen) atoms. The van der Waals surface area contributed by atoms with E-state index in [1.54, 1.807) is 18.2 Å². The number of sulfonamides is 1. The van der Waals surface area contributed by atoms with E-state index >= 15 is 0 Å². The lowest BCUT2D eigenvalue weighted by atomic mass is 9.97. The fourth-order valence-electron chi connectivity index (χ4n) is 3.31. The Hall–Kier alpha value is -2.71. The Morgan fingerprint density at radius 2 is 1.90 bits per heavy atom. The molecule has 0 atom stereocenters. The van der Waals surface area contributed by atoms with Gasteiger partial charge in [-0.05, 0) is 30.5 Å². The predicted molar refractivity (Wildman–Crippen MR) is 113 cm³/mol. The number of carbonyl (C=O) groups excluding carboxylic acids is 1. The highest BCUT2D eigenvalue weighted by atomic mass is 32.2. The van der Waals surface area contributed by atoms with Gasteiger partial charge in [0.05, 0.1) is 7.11 Å². The van der Waals surface area contributed by atoms with E-state index in [-0.39, 0.29) is 31.5 Å². The Balaban J connectivity index is 1.51. The SMILES string of the molecule is COc1ccc(CNC(=O)C2CCN(S(=O)(=O)/C=C/c3ccccc3)CC2)c(F)c1. The monoisotopic (exact) mass is 432 g/mol. The van der Waals surface area contributed by atoms with Gasteiger partial charge in [-0.15, -0.1) is 0 Å². The van der Waals surface area contributed by atoms with Crippen LogP contribution in [0, 0.1) is 11.7 Å². The Morgan fingerprint density at radius 3 is 2.53 bits per heavy atom. The second-order valence-corrected chi connectivity index (χ2v) is 8.93. The minimum absolute atomic E-state index is 0.0764. The second kappa shape index (κ2) is 9.86. The predicted octanol–water partition coefficient (Wildman–Crippen LogP) is 3.16. The summed E-state index contributed by atoms with van der Waals surface area (Å²) in [6.07, 6.45) is 2.42. The molecule has 3 rings (SSSR count). The van der Waals surface area contributed by atoms with Gasteiger partial charge in [-0.25, -0.2) is 12.8 Å². The number of amides is 1. The smallest absolute Gasteiger partial charge is 0.236 e. The van der Waals surface area contributed by atoms with Crippen LogP contribution in [0.2, 0.25) is 0 Å². The highest BCUT2D eigenvalue weighted by Crippen LogP contribution is 2.22. The number of carbonyl (C=O) groups is 1. The number of rotatable bonds is 7. The minimum atomic E-state index is -3.54. The van der Waals surface area contributed by atoms with Crippen molar-refractivity contribution in [2.45, 2.75) is 19.4 Å². The average Bonchev–Trinajstić information content (AvgIpc) is 2.77. The van der Waals surface area contributed by atoms with Gasteiger partial charge in [-0.2, -0.15) is 4.31 Å². The molecule has 1 N–H and O–H groups in total. The van der Waals surface area contributed by atoms with Crippen LogP contribution in [0.15, 0.2) is 53.9 Å². The van der Waals surface area contributed by atoms with Gasteiger partial charge in [0.2, 0.25) is 15.9 Å². The molecule has 1 saturated heterocycles. The Labute approximate surface area is 176 Å². The van der Waals surface area contributed by atoms with E-state index < -0.39 is 15.8 Å². The van der Waals surface area contributed by atoms with Crippen molar-refractivity contribution in [3.8, 4) is 5.75 Å². The molecule has 0 aromatic heterocycles. The van der Waals surface area contributed by atoms with Crippen molar-refractivity contribution in [1.82, 2.24) is 9.62 Å². The third-order valence-electron chi connectivity index (χ3n) is 5.13. The number of nitrogens with zero attached hydrogens (tertiary/aromatic N) is 1. The van der Waals surface area contributed by atoms with Gasteiger partial charge in [0.15, 0.2) is 0 Å². The molecule has 0 aliphatic carbocycles. The molecular formula is C22H25FN2O4S. The first-order valence-corrected chi connectivity index (χ1v) is 11.2. The van der Waals surface area contributed by atoms with Gasteiger partial charge >= 0.3 is 0 Å². The topological polar surface area (TPSA) is 75.7 Å². The summed E-state index contributed by atoms with van der Waals surface area (Å²) in [7, 11) is -2.08. The maximum absolute atomic E-state index is 14.0. The molecule has 0 bridgehead atoms. The molecule has 160 valence electrons. The van der Waals surface area contributed by atoms with Crippen molar-refractivity contribution >= 4 is 22.0 Å². The van der Waals surface area contributed by atoms with Crippen molar-refractivity contribution < 1.29 is 22.3 Å². The lowest BCUT2D eigenvalue weighted by Crippen LogP contribution is -2.42. The maximum Gasteiger partial charge on any atom is 0.236 e. The van der Waals surface area contributed by atoms with Crippen molar-refractivity contribution in [2.75, 3.05) is 20.2 Å². The molecule has 2 aromatic carbocycles. The molecular weight excluding hydrogens is 407 g/mol. The first kappa shape index (κ1) is 22.0. The lowest BCUT2D eigenvalue weighted by Gasteiger charge is -2.29. The summed E-state index contributed by atoms with van der Waals surface area (Å²) >= 11 is 0. The van der Waals surface area contributed by atoms with Gasteiger partial charge in [0.1, 0.15) is 11.6 Å². The van der Waals surface area contributed by atoms with Crippen LogP contribution in [-0.4, -0.2) is 38.8 Å². The van der Waals surface area contributed by atoms with Crippen LogP contribution in [0.25, 0.3) is 6.08 Å². The molecule has 1 fully saturated rings. The van der Waals surface area contributed by atoms with Crippen LogP contribution >= 0.6 is 0 Å². The standard InChI is InChI=1S/C22H25FN2O4S/c1-29-20-8-7-19(21(23)15-20)16-24-22(26)18-9-12-25(13-10-18)30(27,28)14-11-17-5-3-2-4-6-17/h2-8,11,14-15,18H,9-10,12-13,16H2,1H3,(H,24,26)/b14-11+. The molecule has 0 radical (unpaired) electrons. The Kier molecular flexibility index (Phi) is 7.23. The first-order valence-electron chi connectivity index (χ1n) is 9.72. The fraction of sp³-hybridized carbons (Fsp3) is 0.318. The van der Waals surface area contributed by atoms with E-state index in [1.807, 2.05) is 30.3 Å². The number of nitrogens with one attached hydrogen (secondary N) is 1. The van der Waals surface area contributed by atoms with E-state index in [2.05, 4.69) is 5.32 Å². The van der Waals surface area contributed by atoms with Crippen LogP contribution in [0.1, 0.15) is 24.0 Å². The molecule has 1 aliphatic heterocycles. The zero-order valence-corrected chi connectivity index (χ0v) is 17.6. The summed E-state index contributed by atoms with van der Waals surface area (Å²) in [5, 5.41) is 3.95. The van der Waals surface area contributed by atoms with Crippen LogP contribution in [0.4, 0.5) is 4.39 Å². The number of methoxy groups -OCH3 is 1. The van der Waals surface area contributed by atoms with Crippen molar-refractivity contribution in [1.29, 1.82) is 0 Å². The number of hydrogen-bond donors (Lipinski definition) is 1. The second-order valence-electron chi connectivity index (χ2n) is 7.11. The summed E-state index contributed by atoms with van der Waals surface area (Å²) in [5.41, 5.74) is 1.18. The number of ether oxygens (including phenoxy) is 1. The molecule has 2 aromatic rings.